The Morgan fingerprint density at radius 3 is 3.00 bits per heavy atom. The quantitative estimate of drug-likeness (QED) is 0.622. The molecule has 1 aromatic rings. The van der Waals surface area contributed by atoms with Gasteiger partial charge in [0.15, 0.2) is 0 Å². The van der Waals surface area contributed by atoms with E-state index in [0.29, 0.717) is 23.5 Å². The molecule has 4 heteroatoms. The van der Waals surface area contributed by atoms with Gasteiger partial charge in [-0.15, -0.1) is 0 Å². The van der Waals surface area contributed by atoms with Gasteiger partial charge in [-0.25, -0.2) is 4.79 Å². The molecule has 0 saturated heterocycles. The normalized spacial score (nSPS) is 13.4. The van der Waals surface area contributed by atoms with Crippen LogP contribution in [0.2, 0.25) is 0 Å². The first-order chi connectivity index (χ1) is 9.71. The molecule has 0 radical (unpaired) electrons. The highest BCUT2D eigenvalue weighted by Gasteiger charge is 2.07. The number of carbonyl (C=O) groups is 1. The zero-order valence-electron chi connectivity index (χ0n) is 11.1. The van der Waals surface area contributed by atoms with Crippen LogP contribution in [0, 0.1) is 0 Å². The van der Waals surface area contributed by atoms with Crippen molar-refractivity contribution < 1.29 is 19.1 Å². The topological polar surface area (TPSA) is 52.6 Å². The first-order valence-electron chi connectivity index (χ1n) is 6.17. The molecule has 0 atom stereocenters. The smallest absolute Gasteiger partial charge is 0.309 e. The predicted molar refractivity (Wildman–Crippen MR) is 73.8 cm³/mol. The molecule has 4 nitrogen and oxygen atoms in total. The SMILES string of the molecule is COC(=O)Cc1cccc(OC2=CC(=C=O)CC=C2)c1. The van der Waals surface area contributed by atoms with E-state index in [-0.39, 0.29) is 12.4 Å². The minimum absolute atomic E-state index is 0.197. The van der Waals surface area contributed by atoms with Crippen LogP contribution in [0.3, 0.4) is 0 Å². The molecule has 1 aliphatic carbocycles. The number of hydrogen-bond donors (Lipinski definition) is 0. The average Bonchev–Trinajstić information content (AvgIpc) is 2.47. The number of esters is 1. The summed E-state index contributed by atoms with van der Waals surface area (Å²) in [4.78, 5) is 21.9. The highest BCUT2D eigenvalue weighted by Crippen LogP contribution is 2.20. The van der Waals surface area contributed by atoms with E-state index in [1.54, 1.807) is 30.4 Å². The fraction of sp³-hybridized carbons (Fsp3) is 0.188. The number of ether oxygens (including phenoxy) is 2. The molecule has 1 aliphatic rings. The molecule has 0 aliphatic heterocycles. The molecule has 0 fully saturated rings. The Bertz CT molecular complexity index is 619. The second-order valence-corrected chi connectivity index (χ2v) is 4.28. The molecule has 0 bridgehead atoms. The number of allylic oxidation sites excluding steroid dienone is 4. The van der Waals surface area contributed by atoms with Gasteiger partial charge in [-0.2, -0.15) is 0 Å². The van der Waals surface area contributed by atoms with Crippen molar-refractivity contribution in [1.29, 1.82) is 0 Å². The minimum Gasteiger partial charge on any atom is -0.469 e. The fourth-order valence-electron chi connectivity index (χ4n) is 1.81. The number of carbonyl (C=O) groups excluding carboxylic acids is 2. The van der Waals surface area contributed by atoms with Crippen LogP contribution in [0.1, 0.15) is 12.0 Å². The van der Waals surface area contributed by atoms with Crippen LogP contribution in [0.15, 0.2) is 53.8 Å². The Labute approximate surface area is 117 Å². The van der Waals surface area contributed by atoms with E-state index in [1.807, 2.05) is 18.1 Å². The second kappa shape index (κ2) is 6.55. The maximum absolute atomic E-state index is 11.2. The molecular formula is C16H14O4. The van der Waals surface area contributed by atoms with Crippen LogP contribution >= 0.6 is 0 Å². The lowest BCUT2D eigenvalue weighted by Gasteiger charge is -2.10. The molecule has 20 heavy (non-hydrogen) atoms. The van der Waals surface area contributed by atoms with Crippen molar-refractivity contribution in [2.45, 2.75) is 12.8 Å². The van der Waals surface area contributed by atoms with Crippen LogP contribution in [-0.2, 0) is 20.7 Å². The summed E-state index contributed by atoms with van der Waals surface area (Å²) in [6.07, 6.45) is 6.06. The molecule has 2 rings (SSSR count). The van der Waals surface area contributed by atoms with Crippen LogP contribution in [0.5, 0.6) is 5.75 Å². The third kappa shape index (κ3) is 3.70. The van der Waals surface area contributed by atoms with Crippen molar-refractivity contribution >= 4 is 11.9 Å². The lowest BCUT2D eigenvalue weighted by atomic mass is 10.1. The van der Waals surface area contributed by atoms with Gasteiger partial charge in [-0.05, 0) is 29.8 Å². The first kappa shape index (κ1) is 13.8. The van der Waals surface area contributed by atoms with E-state index >= 15 is 0 Å². The standard InChI is InChI=1S/C16H14O4/c1-19-16(18)10-12-4-2-6-14(8-12)20-15-7-3-5-13(9-15)11-17/h2-4,6-9H,5,10H2,1H3. The summed E-state index contributed by atoms with van der Waals surface area (Å²) in [5.74, 6) is 2.74. The average molecular weight is 270 g/mol. The highest BCUT2D eigenvalue weighted by molar-refractivity contribution is 5.72. The van der Waals surface area contributed by atoms with Crippen molar-refractivity contribution in [3.8, 4) is 5.75 Å². The predicted octanol–water partition coefficient (Wildman–Crippen LogP) is 2.38. The Morgan fingerprint density at radius 1 is 1.40 bits per heavy atom. The minimum atomic E-state index is -0.301. The van der Waals surface area contributed by atoms with E-state index in [2.05, 4.69) is 4.74 Å². The van der Waals surface area contributed by atoms with Gasteiger partial charge in [-0.3, -0.25) is 4.79 Å². The van der Waals surface area contributed by atoms with Crippen LogP contribution in [0.25, 0.3) is 0 Å². The second-order valence-electron chi connectivity index (χ2n) is 4.28. The van der Waals surface area contributed by atoms with E-state index < -0.39 is 0 Å². The first-order valence-corrected chi connectivity index (χ1v) is 6.17. The zero-order valence-corrected chi connectivity index (χ0v) is 11.1. The van der Waals surface area contributed by atoms with Crippen molar-refractivity contribution in [2.75, 3.05) is 7.11 Å². The van der Waals surface area contributed by atoms with Crippen molar-refractivity contribution in [3.63, 3.8) is 0 Å². The largest absolute Gasteiger partial charge is 0.469 e. The number of hydrogen-bond acceptors (Lipinski definition) is 4. The van der Waals surface area contributed by atoms with E-state index in [0.717, 1.165) is 5.56 Å². The molecule has 0 aromatic heterocycles. The Balaban J connectivity index is 2.12. The molecule has 0 saturated carbocycles. The van der Waals surface area contributed by atoms with E-state index in [1.165, 1.54) is 7.11 Å². The Morgan fingerprint density at radius 2 is 2.25 bits per heavy atom. The maximum Gasteiger partial charge on any atom is 0.309 e. The summed E-state index contributed by atoms with van der Waals surface area (Å²) in [6, 6.07) is 7.18. The molecular weight excluding hydrogens is 256 g/mol. The summed E-state index contributed by atoms with van der Waals surface area (Å²) in [6.45, 7) is 0. The van der Waals surface area contributed by atoms with Gasteiger partial charge in [0.2, 0.25) is 0 Å². The van der Waals surface area contributed by atoms with Crippen molar-refractivity contribution in [3.05, 3.63) is 59.4 Å². The van der Waals surface area contributed by atoms with E-state index in [4.69, 9.17) is 4.74 Å². The number of methoxy groups -OCH3 is 1. The fourth-order valence-corrected chi connectivity index (χ4v) is 1.81. The molecule has 0 heterocycles. The highest BCUT2D eigenvalue weighted by atomic mass is 16.5. The van der Waals surface area contributed by atoms with Gasteiger partial charge < -0.3 is 9.47 Å². The summed E-state index contributed by atoms with van der Waals surface area (Å²) in [7, 11) is 1.35. The van der Waals surface area contributed by atoms with Gasteiger partial charge in [0, 0.05) is 12.0 Å². The molecule has 102 valence electrons. The summed E-state index contributed by atoms with van der Waals surface area (Å²) < 4.78 is 10.3. The lowest BCUT2D eigenvalue weighted by molar-refractivity contribution is -0.139. The maximum atomic E-state index is 11.2. The molecule has 1 aromatic carbocycles. The van der Waals surface area contributed by atoms with Crippen molar-refractivity contribution in [1.82, 2.24) is 0 Å². The van der Waals surface area contributed by atoms with Gasteiger partial charge in [-0.1, -0.05) is 18.2 Å². The molecule has 0 unspecified atom stereocenters. The summed E-state index contributed by atoms with van der Waals surface area (Å²) >= 11 is 0. The third-order valence-electron chi connectivity index (χ3n) is 2.78. The monoisotopic (exact) mass is 270 g/mol. The van der Waals surface area contributed by atoms with Gasteiger partial charge >= 0.3 is 5.97 Å². The summed E-state index contributed by atoms with van der Waals surface area (Å²) in [5, 5.41) is 0. The molecule has 0 N–H and O–H groups in total. The Kier molecular flexibility index (Phi) is 4.53. The zero-order chi connectivity index (χ0) is 14.4. The van der Waals surface area contributed by atoms with Crippen LogP contribution < -0.4 is 4.74 Å². The van der Waals surface area contributed by atoms with Gasteiger partial charge in [0.25, 0.3) is 0 Å². The van der Waals surface area contributed by atoms with Crippen LogP contribution in [-0.4, -0.2) is 19.0 Å². The Hall–Kier alpha value is -2.58. The van der Waals surface area contributed by atoms with Crippen LogP contribution in [0.4, 0.5) is 0 Å². The van der Waals surface area contributed by atoms with E-state index in [9.17, 15) is 9.59 Å². The summed E-state index contributed by atoms with van der Waals surface area (Å²) in [5.41, 5.74) is 1.36. The van der Waals surface area contributed by atoms with Gasteiger partial charge in [0.05, 0.1) is 13.5 Å². The number of benzene rings is 1. The molecule has 0 amide bonds. The van der Waals surface area contributed by atoms with Crippen molar-refractivity contribution in [2.24, 2.45) is 0 Å². The molecule has 0 spiro atoms. The lowest BCUT2D eigenvalue weighted by Crippen LogP contribution is -2.04. The number of rotatable bonds is 4. The third-order valence-corrected chi connectivity index (χ3v) is 2.78. The van der Waals surface area contributed by atoms with Gasteiger partial charge in [0.1, 0.15) is 17.5 Å².